The van der Waals surface area contributed by atoms with Crippen molar-refractivity contribution in [2.24, 2.45) is 0 Å². The summed E-state index contributed by atoms with van der Waals surface area (Å²) < 4.78 is 0. The number of rotatable bonds is 3. The third-order valence-electron chi connectivity index (χ3n) is 2.32. The number of nitrogens with one attached hydrogen (secondary N) is 1. The van der Waals surface area contributed by atoms with Crippen molar-refractivity contribution in [3.05, 3.63) is 30.3 Å². The lowest BCUT2D eigenvalue weighted by Crippen LogP contribution is -2.13. The van der Waals surface area contributed by atoms with E-state index in [-0.39, 0.29) is 6.10 Å². The van der Waals surface area contributed by atoms with E-state index >= 15 is 0 Å². The van der Waals surface area contributed by atoms with Crippen molar-refractivity contribution in [3.8, 4) is 0 Å². The molecule has 1 N–H and O–H groups in total. The van der Waals surface area contributed by atoms with Crippen LogP contribution >= 0.6 is 0 Å². The molecule has 74 valence electrons. The number of hydrogen-bond acceptors (Lipinski definition) is 3. The zero-order valence-electron chi connectivity index (χ0n) is 7.90. The maximum absolute atomic E-state index is 11.0. The number of benzene rings is 1. The SMILES string of the molecule is O=C1CCC(ONc2ccccc2)C1. The van der Waals surface area contributed by atoms with E-state index in [1.54, 1.807) is 0 Å². The Bertz CT molecular complexity index is 310. The highest BCUT2D eigenvalue weighted by atomic mass is 16.7. The molecule has 2 rings (SSSR count). The first-order valence-electron chi connectivity index (χ1n) is 4.83. The van der Waals surface area contributed by atoms with Crippen molar-refractivity contribution in [2.75, 3.05) is 5.48 Å². The molecule has 1 aromatic rings. The first-order chi connectivity index (χ1) is 6.84. The van der Waals surface area contributed by atoms with Gasteiger partial charge in [-0.15, -0.1) is 0 Å². The van der Waals surface area contributed by atoms with Crippen LogP contribution < -0.4 is 5.48 Å². The zero-order valence-corrected chi connectivity index (χ0v) is 7.90. The van der Waals surface area contributed by atoms with Crippen molar-refractivity contribution in [3.63, 3.8) is 0 Å². The highest BCUT2D eigenvalue weighted by molar-refractivity contribution is 5.81. The van der Waals surface area contributed by atoms with Gasteiger partial charge in [-0.3, -0.25) is 15.1 Å². The van der Waals surface area contributed by atoms with Crippen LogP contribution in [0.25, 0.3) is 0 Å². The molecule has 0 spiro atoms. The van der Waals surface area contributed by atoms with E-state index in [1.807, 2.05) is 30.3 Å². The summed E-state index contributed by atoms with van der Waals surface area (Å²) in [6, 6.07) is 9.68. The first kappa shape index (κ1) is 9.21. The molecule has 0 bridgehead atoms. The van der Waals surface area contributed by atoms with Gasteiger partial charge in [-0.1, -0.05) is 18.2 Å². The second-order valence-corrected chi connectivity index (χ2v) is 3.49. The lowest BCUT2D eigenvalue weighted by molar-refractivity contribution is -0.118. The maximum atomic E-state index is 11.0. The monoisotopic (exact) mass is 191 g/mol. The van der Waals surface area contributed by atoms with Crippen LogP contribution in [0.2, 0.25) is 0 Å². The number of hydrogen-bond donors (Lipinski definition) is 1. The summed E-state index contributed by atoms with van der Waals surface area (Å²) in [6.07, 6.45) is 2.07. The molecule has 1 aliphatic carbocycles. The fourth-order valence-electron chi connectivity index (χ4n) is 1.54. The fourth-order valence-corrected chi connectivity index (χ4v) is 1.54. The Kier molecular flexibility index (Phi) is 2.79. The van der Waals surface area contributed by atoms with Gasteiger partial charge in [0.05, 0.1) is 11.8 Å². The topological polar surface area (TPSA) is 38.3 Å². The molecule has 0 aliphatic heterocycles. The molecule has 14 heavy (non-hydrogen) atoms. The minimum atomic E-state index is 0.0442. The smallest absolute Gasteiger partial charge is 0.135 e. The summed E-state index contributed by atoms with van der Waals surface area (Å²) in [5.74, 6) is 0.296. The minimum Gasteiger partial charge on any atom is -0.300 e. The van der Waals surface area contributed by atoms with Crippen LogP contribution in [0, 0.1) is 0 Å². The van der Waals surface area contributed by atoms with Gasteiger partial charge in [0.2, 0.25) is 0 Å². The minimum absolute atomic E-state index is 0.0442. The van der Waals surface area contributed by atoms with Gasteiger partial charge in [0.1, 0.15) is 5.78 Å². The van der Waals surface area contributed by atoms with E-state index in [0.717, 1.165) is 12.1 Å². The quantitative estimate of drug-likeness (QED) is 0.744. The standard InChI is InChI=1S/C11H13NO2/c13-10-6-7-11(8-10)14-12-9-4-2-1-3-5-9/h1-5,11-12H,6-8H2. The Morgan fingerprint density at radius 2 is 2.07 bits per heavy atom. The largest absolute Gasteiger partial charge is 0.300 e. The Balaban J connectivity index is 1.80. The van der Waals surface area contributed by atoms with Crippen LogP contribution in [-0.4, -0.2) is 11.9 Å². The van der Waals surface area contributed by atoms with Gasteiger partial charge in [-0.2, -0.15) is 0 Å². The second-order valence-electron chi connectivity index (χ2n) is 3.49. The fraction of sp³-hybridized carbons (Fsp3) is 0.364. The van der Waals surface area contributed by atoms with E-state index in [9.17, 15) is 4.79 Å². The van der Waals surface area contributed by atoms with Gasteiger partial charge >= 0.3 is 0 Å². The van der Waals surface area contributed by atoms with E-state index in [1.165, 1.54) is 0 Å². The van der Waals surface area contributed by atoms with Crippen LogP contribution in [0.1, 0.15) is 19.3 Å². The van der Waals surface area contributed by atoms with Gasteiger partial charge < -0.3 is 0 Å². The van der Waals surface area contributed by atoms with Crippen molar-refractivity contribution >= 4 is 11.5 Å². The number of ketones is 1. The molecule has 3 nitrogen and oxygen atoms in total. The molecule has 0 radical (unpaired) electrons. The van der Waals surface area contributed by atoms with Gasteiger partial charge in [0.15, 0.2) is 0 Å². The van der Waals surface area contributed by atoms with Crippen LogP contribution in [0.15, 0.2) is 30.3 Å². The van der Waals surface area contributed by atoms with Gasteiger partial charge in [0, 0.05) is 12.8 Å². The third-order valence-corrected chi connectivity index (χ3v) is 2.32. The van der Waals surface area contributed by atoms with E-state index < -0.39 is 0 Å². The van der Waals surface area contributed by atoms with Crippen molar-refractivity contribution < 1.29 is 9.63 Å². The highest BCUT2D eigenvalue weighted by Crippen LogP contribution is 2.18. The average molecular weight is 191 g/mol. The number of para-hydroxylation sites is 1. The van der Waals surface area contributed by atoms with Crippen molar-refractivity contribution in [1.82, 2.24) is 0 Å². The van der Waals surface area contributed by atoms with Gasteiger partial charge in [-0.25, -0.2) is 0 Å². The van der Waals surface area contributed by atoms with E-state index in [2.05, 4.69) is 5.48 Å². The molecule has 1 unspecified atom stereocenters. The van der Waals surface area contributed by atoms with E-state index in [0.29, 0.717) is 18.6 Å². The predicted octanol–water partition coefficient (Wildman–Crippen LogP) is 2.15. The Labute approximate surface area is 83.0 Å². The van der Waals surface area contributed by atoms with Crippen molar-refractivity contribution in [2.45, 2.75) is 25.4 Å². The molecule has 0 saturated heterocycles. The van der Waals surface area contributed by atoms with Crippen LogP contribution in [0.5, 0.6) is 0 Å². The highest BCUT2D eigenvalue weighted by Gasteiger charge is 2.22. The molecule has 3 heteroatoms. The summed E-state index contributed by atoms with van der Waals surface area (Å²) in [4.78, 5) is 16.3. The molecule has 1 aliphatic rings. The molecule has 1 fully saturated rings. The summed E-state index contributed by atoms with van der Waals surface area (Å²) >= 11 is 0. The Hall–Kier alpha value is -1.35. The number of Topliss-reactive ketones (excluding diaryl/α,β-unsaturated/α-hetero) is 1. The molecule has 0 amide bonds. The summed E-state index contributed by atoms with van der Waals surface area (Å²) in [6.45, 7) is 0. The second kappa shape index (κ2) is 4.24. The Morgan fingerprint density at radius 3 is 2.71 bits per heavy atom. The van der Waals surface area contributed by atoms with E-state index in [4.69, 9.17) is 4.84 Å². The Morgan fingerprint density at radius 1 is 1.29 bits per heavy atom. The first-order valence-corrected chi connectivity index (χ1v) is 4.83. The number of carbonyl (C=O) groups excluding carboxylic acids is 1. The molecular formula is C11H13NO2. The molecule has 0 heterocycles. The molecule has 0 aromatic heterocycles. The molecule has 1 saturated carbocycles. The predicted molar refractivity (Wildman–Crippen MR) is 53.8 cm³/mol. The third kappa shape index (κ3) is 2.33. The normalized spacial score (nSPS) is 21.1. The summed E-state index contributed by atoms with van der Waals surface area (Å²) in [5, 5.41) is 0. The molecule has 1 atom stereocenters. The van der Waals surface area contributed by atoms with Crippen LogP contribution in [0.4, 0.5) is 5.69 Å². The van der Waals surface area contributed by atoms with Gasteiger partial charge in [-0.05, 0) is 18.6 Å². The molecule has 1 aromatic carbocycles. The van der Waals surface area contributed by atoms with Gasteiger partial charge in [0.25, 0.3) is 0 Å². The number of anilines is 1. The molecular weight excluding hydrogens is 178 g/mol. The van der Waals surface area contributed by atoms with Crippen molar-refractivity contribution in [1.29, 1.82) is 0 Å². The summed E-state index contributed by atoms with van der Waals surface area (Å²) in [7, 11) is 0. The van der Waals surface area contributed by atoms with Crippen LogP contribution in [0.3, 0.4) is 0 Å². The van der Waals surface area contributed by atoms with Crippen LogP contribution in [-0.2, 0) is 9.63 Å². The lowest BCUT2D eigenvalue weighted by atomic mass is 10.3. The number of carbonyl (C=O) groups is 1. The zero-order chi connectivity index (χ0) is 9.80. The average Bonchev–Trinajstić information content (AvgIpc) is 2.63. The maximum Gasteiger partial charge on any atom is 0.135 e. The summed E-state index contributed by atoms with van der Waals surface area (Å²) in [5.41, 5.74) is 3.78. The lowest BCUT2D eigenvalue weighted by Gasteiger charge is -2.11.